The van der Waals surface area contributed by atoms with Crippen molar-refractivity contribution in [2.24, 2.45) is 0 Å². The van der Waals surface area contributed by atoms with Crippen molar-refractivity contribution in [2.75, 3.05) is 45.3 Å². The first-order valence-corrected chi connectivity index (χ1v) is 6.73. The molecule has 2 heterocycles. The molecule has 1 fully saturated rings. The van der Waals surface area contributed by atoms with E-state index in [4.69, 9.17) is 4.74 Å². The SMILES string of the molecule is COCCN(C)C1CN(c2ccnc([As])c2)C1. The summed E-state index contributed by atoms with van der Waals surface area (Å²) in [7, 11) is 3.91. The maximum absolute atomic E-state index is 5.09. The summed E-state index contributed by atoms with van der Waals surface area (Å²) in [6.07, 6.45) is 1.87. The summed E-state index contributed by atoms with van der Waals surface area (Å²) in [4.78, 5) is 8.94. The fourth-order valence-electron chi connectivity index (χ4n) is 1.97. The van der Waals surface area contributed by atoms with Crippen molar-refractivity contribution in [1.29, 1.82) is 0 Å². The van der Waals surface area contributed by atoms with Gasteiger partial charge in [-0.2, -0.15) is 0 Å². The maximum atomic E-state index is 5.09. The van der Waals surface area contributed by atoms with Crippen LogP contribution in [0.5, 0.6) is 0 Å². The predicted molar refractivity (Wildman–Crippen MR) is 70.1 cm³/mol. The van der Waals surface area contributed by atoms with Gasteiger partial charge in [-0.15, -0.1) is 0 Å². The molecule has 0 aliphatic carbocycles. The van der Waals surface area contributed by atoms with Gasteiger partial charge in [-0.25, -0.2) is 0 Å². The Morgan fingerprint density at radius 2 is 2.35 bits per heavy atom. The normalized spacial score (nSPS) is 16.4. The van der Waals surface area contributed by atoms with Crippen molar-refractivity contribution < 1.29 is 4.74 Å². The molecule has 92 valence electrons. The van der Waals surface area contributed by atoms with E-state index in [2.05, 4.69) is 50.8 Å². The van der Waals surface area contributed by atoms with E-state index < -0.39 is 0 Å². The van der Waals surface area contributed by atoms with E-state index in [0.29, 0.717) is 6.04 Å². The molecule has 1 aliphatic rings. The second-order valence-electron chi connectivity index (χ2n) is 4.40. The van der Waals surface area contributed by atoms with Crippen LogP contribution in [0.1, 0.15) is 0 Å². The number of hydrogen-bond donors (Lipinski definition) is 0. The molecule has 1 saturated heterocycles. The fourth-order valence-corrected chi connectivity index (χ4v) is 2.38. The third-order valence-corrected chi connectivity index (χ3v) is 3.74. The minimum absolute atomic E-state index is 0.646. The number of aromatic nitrogens is 1. The molecule has 0 bridgehead atoms. The van der Waals surface area contributed by atoms with Crippen molar-refractivity contribution in [1.82, 2.24) is 9.88 Å². The quantitative estimate of drug-likeness (QED) is 0.694. The number of rotatable bonds is 5. The molecule has 0 N–H and O–H groups in total. The Morgan fingerprint density at radius 3 is 3.00 bits per heavy atom. The Hall–Kier alpha value is -0.572. The molecule has 0 spiro atoms. The topological polar surface area (TPSA) is 28.6 Å². The zero-order valence-electron chi connectivity index (χ0n) is 10.3. The summed E-state index contributed by atoms with van der Waals surface area (Å²) in [5.41, 5.74) is 1.27. The third-order valence-electron chi connectivity index (χ3n) is 3.23. The van der Waals surface area contributed by atoms with Gasteiger partial charge in [0.1, 0.15) is 0 Å². The van der Waals surface area contributed by atoms with E-state index in [1.165, 1.54) is 5.69 Å². The van der Waals surface area contributed by atoms with Crippen LogP contribution in [0.4, 0.5) is 5.69 Å². The van der Waals surface area contributed by atoms with Gasteiger partial charge in [0.2, 0.25) is 0 Å². The van der Waals surface area contributed by atoms with Gasteiger partial charge in [-0.05, 0) is 0 Å². The molecule has 5 heteroatoms. The van der Waals surface area contributed by atoms with Gasteiger partial charge < -0.3 is 0 Å². The van der Waals surface area contributed by atoms with E-state index in [1.807, 2.05) is 6.20 Å². The Balaban J connectivity index is 1.82. The molecule has 1 aliphatic heterocycles. The Labute approximate surface area is 111 Å². The molecule has 1 aromatic heterocycles. The molecule has 1 aromatic rings. The predicted octanol–water partition coefficient (Wildman–Crippen LogP) is -0.358. The van der Waals surface area contributed by atoms with Gasteiger partial charge in [0.05, 0.1) is 0 Å². The molecule has 0 atom stereocenters. The molecular formula is C12H18AsN3O. The zero-order chi connectivity index (χ0) is 12.3. The van der Waals surface area contributed by atoms with E-state index in [0.717, 1.165) is 30.7 Å². The van der Waals surface area contributed by atoms with Crippen LogP contribution in [-0.4, -0.2) is 73.2 Å². The average Bonchev–Trinajstić information content (AvgIpc) is 2.24. The molecule has 4 nitrogen and oxygen atoms in total. The summed E-state index contributed by atoms with van der Waals surface area (Å²) in [6.45, 7) is 3.99. The molecule has 17 heavy (non-hydrogen) atoms. The minimum atomic E-state index is 0.646. The number of hydrogen-bond acceptors (Lipinski definition) is 4. The summed E-state index contributed by atoms with van der Waals surface area (Å²) in [5, 5.41) is 0. The standard InChI is InChI=1S/C12H18AsN3O/c1-15(5-6-17-2)11-8-16(9-11)10-3-4-14-12(13)7-10/h3-4,7,11H,5-6,8-9H2,1-2H3. The fraction of sp³-hybridized carbons (Fsp3) is 0.583. The third kappa shape index (κ3) is 3.21. The average molecular weight is 295 g/mol. The van der Waals surface area contributed by atoms with Crippen LogP contribution < -0.4 is 9.38 Å². The van der Waals surface area contributed by atoms with Crippen LogP contribution in [0.25, 0.3) is 0 Å². The number of ether oxygens (including phenoxy) is 1. The second-order valence-corrected chi connectivity index (χ2v) is 5.37. The van der Waals surface area contributed by atoms with Gasteiger partial charge in [0, 0.05) is 0 Å². The van der Waals surface area contributed by atoms with E-state index >= 15 is 0 Å². The molecule has 0 saturated carbocycles. The number of likely N-dealkylation sites (N-methyl/N-ethyl adjacent to an activating group) is 1. The van der Waals surface area contributed by atoms with Gasteiger partial charge in [0.25, 0.3) is 0 Å². The van der Waals surface area contributed by atoms with E-state index in [9.17, 15) is 0 Å². The van der Waals surface area contributed by atoms with Gasteiger partial charge >= 0.3 is 111 Å². The van der Waals surface area contributed by atoms with E-state index in [-0.39, 0.29) is 0 Å². The molecule has 0 unspecified atom stereocenters. The summed E-state index contributed by atoms with van der Waals surface area (Å²) < 4.78 is 6.11. The first-order chi connectivity index (χ1) is 8.20. The summed E-state index contributed by atoms with van der Waals surface area (Å²) in [5.74, 6) is 0. The molecule has 2 rings (SSSR count). The van der Waals surface area contributed by atoms with Crippen molar-refractivity contribution in [3.63, 3.8) is 0 Å². The Kier molecular flexibility index (Phi) is 4.43. The van der Waals surface area contributed by atoms with Gasteiger partial charge in [-0.3, -0.25) is 0 Å². The number of nitrogens with zero attached hydrogens (tertiary/aromatic N) is 3. The Bertz CT molecular complexity index is 369. The Morgan fingerprint density at radius 1 is 1.59 bits per heavy atom. The van der Waals surface area contributed by atoms with Crippen LogP contribution in [0.2, 0.25) is 0 Å². The van der Waals surface area contributed by atoms with Crippen molar-refractivity contribution >= 4 is 27.0 Å². The van der Waals surface area contributed by atoms with Crippen LogP contribution >= 0.6 is 0 Å². The molecule has 0 amide bonds. The molecule has 0 aromatic carbocycles. The van der Waals surface area contributed by atoms with Crippen LogP contribution in [0.15, 0.2) is 18.3 Å². The second kappa shape index (κ2) is 5.85. The van der Waals surface area contributed by atoms with Crippen LogP contribution in [-0.2, 0) is 4.74 Å². The van der Waals surface area contributed by atoms with Crippen molar-refractivity contribution in [2.45, 2.75) is 6.04 Å². The van der Waals surface area contributed by atoms with Crippen molar-refractivity contribution in [3.8, 4) is 0 Å². The number of methoxy groups -OCH3 is 1. The number of anilines is 1. The summed E-state index contributed by atoms with van der Waals surface area (Å²) >= 11 is 2.49. The first-order valence-electron chi connectivity index (χ1n) is 5.80. The monoisotopic (exact) mass is 295 g/mol. The number of pyridine rings is 1. The van der Waals surface area contributed by atoms with E-state index in [1.54, 1.807) is 7.11 Å². The van der Waals surface area contributed by atoms with Crippen molar-refractivity contribution in [3.05, 3.63) is 18.3 Å². The first kappa shape index (κ1) is 12.9. The van der Waals surface area contributed by atoms with Gasteiger partial charge in [-0.1, -0.05) is 0 Å². The van der Waals surface area contributed by atoms with Crippen LogP contribution in [0, 0.1) is 0 Å². The zero-order valence-corrected chi connectivity index (χ0v) is 12.2. The van der Waals surface area contributed by atoms with Crippen LogP contribution in [0.3, 0.4) is 0 Å². The molecular weight excluding hydrogens is 277 g/mol. The van der Waals surface area contributed by atoms with Gasteiger partial charge in [0.15, 0.2) is 0 Å². The molecule has 2 radical (unpaired) electrons. The summed E-state index contributed by atoms with van der Waals surface area (Å²) in [6, 6.07) is 4.83.